The summed E-state index contributed by atoms with van der Waals surface area (Å²) >= 11 is 11.9. The van der Waals surface area contributed by atoms with Crippen molar-refractivity contribution in [3.63, 3.8) is 0 Å². The van der Waals surface area contributed by atoms with Crippen molar-refractivity contribution in [2.24, 2.45) is 0 Å². The van der Waals surface area contributed by atoms with E-state index in [9.17, 15) is 0 Å². The van der Waals surface area contributed by atoms with Gasteiger partial charge in [-0.1, -0.05) is 41.4 Å². The van der Waals surface area contributed by atoms with E-state index in [1.807, 2.05) is 44.2 Å². The summed E-state index contributed by atoms with van der Waals surface area (Å²) in [4.78, 5) is 0. The molecule has 0 saturated heterocycles. The first-order valence-electron chi connectivity index (χ1n) is 6.46. The molecule has 0 saturated carbocycles. The van der Waals surface area contributed by atoms with Crippen molar-refractivity contribution in [1.82, 2.24) is 0 Å². The first kappa shape index (κ1) is 15.0. The van der Waals surface area contributed by atoms with Crippen LogP contribution < -0.4 is 10.1 Å². The molecule has 4 heteroatoms. The van der Waals surface area contributed by atoms with Crippen LogP contribution in [0.3, 0.4) is 0 Å². The first-order valence-corrected chi connectivity index (χ1v) is 7.21. The van der Waals surface area contributed by atoms with E-state index in [0.717, 1.165) is 22.6 Å². The van der Waals surface area contributed by atoms with Gasteiger partial charge in [-0.3, -0.25) is 0 Å². The normalized spacial score (nSPS) is 10.4. The molecule has 0 fully saturated rings. The first-order chi connectivity index (χ1) is 9.58. The lowest BCUT2D eigenvalue weighted by Gasteiger charge is -2.13. The number of ether oxygens (including phenoxy) is 1. The molecule has 0 amide bonds. The molecule has 0 bridgehead atoms. The Balaban J connectivity index is 1.88. The summed E-state index contributed by atoms with van der Waals surface area (Å²) in [5, 5.41) is 4.48. The minimum atomic E-state index is 0.574. The number of rotatable bonds is 5. The largest absolute Gasteiger partial charge is 0.491 e. The van der Waals surface area contributed by atoms with Crippen LogP contribution in [-0.2, 0) is 0 Å². The van der Waals surface area contributed by atoms with Crippen molar-refractivity contribution >= 4 is 28.9 Å². The summed E-state index contributed by atoms with van der Waals surface area (Å²) in [5.41, 5.74) is 3.16. The number of anilines is 1. The summed E-state index contributed by atoms with van der Waals surface area (Å²) in [6.07, 6.45) is 0. The zero-order valence-electron chi connectivity index (χ0n) is 11.5. The van der Waals surface area contributed by atoms with Gasteiger partial charge in [0.25, 0.3) is 0 Å². The van der Waals surface area contributed by atoms with Crippen LogP contribution >= 0.6 is 23.2 Å². The second kappa shape index (κ2) is 6.87. The highest BCUT2D eigenvalue weighted by Crippen LogP contribution is 2.25. The minimum absolute atomic E-state index is 0.574. The van der Waals surface area contributed by atoms with Gasteiger partial charge in [-0.25, -0.2) is 0 Å². The Morgan fingerprint density at radius 3 is 2.40 bits per heavy atom. The van der Waals surface area contributed by atoms with Crippen molar-refractivity contribution in [2.45, 2.75) is 13.8 Å². The van der Waals surface area contributed by atoms with Crippen molar-refractivity contribution in [3.8, 4) is 5.75 Å². The molecule has 0 aliphatic heterocycles. The molecule has 2 aromatic carbocycles. The molecule has 2 aromatic rings. The third kappa shape index (κ3) is 3.81. The van der Waals surface area contributed by atoms with Crippen LogP contribution in [-0.4, -0.2) is 13.2 Å². The van der Waals surface area contributed by atoms with E-state index in [2.05, 4.69) is 5.32 Å². The van der Waals surface area contributed by atoms with Crippen LogP contribution in [0.4, 0.5) is 5.69 Å². The summed E-state index contributed by atoms with van der Waals surface area (Å²) in [6, 6.07) is 11.5. The zero-order valence-corrected chi connectivity index (χ0v) is 13.1. The lowest BCUT2D eigenvalue weighted by molar-refractivity contribution is 0.328. The molecule has 0 spiro atoms. The van der Waals surface area contributed by atoms with Gasteiger partial charge in [-0.05, 0) is 43.2 Å². The van der Waals surface area contributed by atoms with Crippen molar-refractivity contribution in [1.29, 1.82) is 0 Å². The molecular formula is C16H17Cl2NO. The van der Waals surface area contributed by atoms with E-state index in [-0.39, 0.29) is 0 Å². The number of benzene rings is 2. The Bertz CT molecular complexity index is 579. The third-order valence-electron chi connectivity index (χ3n) is 3.00. The van der Waals surface area contributed by atoms with Gasteiger partial charge in [0.1, 0.15) is 12.4 Å². The molecule has 106 valence electrons. The molecule has 1 N–H and O–H groups in total. The lowest BCUT2D eigenvalue weighted by Crippen LogP contribution is -2.12. The van der Waals surface area contributed by atoms with Gasteiger partial charge in [0.05, 0.1) is 10.7 Å². The number of aryl methyl sites for hydroxylation is 2. The molecule has 0 atom stereocenters. The van der Waals surface area contributed by atoms with Crippen LogP contribution in [0.25, 0.3) is 0 Å². The molecular weight excluding hydrogens is 293 g/mol. The van der Waals surface area contributed by atoms with Gasteiger partial charge < -0.3 is 10.1 Å². The molecule has 2 rings (SSSR count). The van der Waals surface area contributed by atoms with E-state index in [0.29, 0.717) is 23.2 Å². The Labute approximate surface area is 129 Å². The third-order valence-corrected chi connectivity index (χ3v) is 3.55. The predicted octanol–water partition coefficient (Wildman–Crippen LogP) is 5.10. The molecule has 0 aliphatic carbocycles. The van der Waals surface area contributed by atoms with Crippen LogP contribution in [0, 0.1) is 13.8 Å². The Hall–Kier alpha value is -1.38. The SMILES string of the molecule is Cc1cccc(C)c1OCCNc1ccc(Cl)cc1Cl. The monoisotopic (exact) mass is 309 g/mol. The topological polar surface area (TPSA) is 21.3 Å². The van der Waals surface area contributed by atoms with E-state index in [1.54, 1.807) is 6.07 Å². The summed E-state index contributed by atoms with van der Waals surface area (Å²) in [5.74, 6) is 0.955. The highest BCUT2D eigenvalue weighted by molar-refractivity contribution is 6.36. The van der Waals surface area contributed by atoms with E-state index in [4.69, 9.17) is 27.9 Å². The molecule has 2 nitrogen and oxygen atoms in total. The van der Waals surface area contributed by atoms with Crippen LogP contribution in [0.1, 0.15) is 11.1 Å². The van der Waals surface area contributed by atoms with E-state index in [1.165, 1.54) is 0 Å². The van der Waals surface area contributed by atoms with E-state index < -0.39 is 0 Å². The fourth-order valence-corrected chi connectivity index (χ4v) is 2.47. The quantitative estimate of drug-likeness (QED) is 0.776. The van der Waals surface area contributed by atoms with Crippen molar-refractivity contribution < 1.29 is 4.74 Å². The van der Waals surface area contributed by atoms with Gasteiger partial charge in [-0.2, -0.15) is 0 Å². The number of hydrogen-bond acceptors (Lipinski definition) is 2. The van der Waals surface area contributed by atoms with Gasteiger partial charge >= 0.3 is 0 Å². The summed E-state index contributed by atoms with van der Waals surface area (Å²) in [6.45, 7) is 5.34. The average Bonchev–Trinajstić information content (AvgIpc) is 2.39. The van der Waals surface area contributed by atoms with Crippen LogP contribution in [0.2, 0.25) is 10.0 Å². The fourth-order valence-electron chi connectivity index (χ4n) is 2.00. The number of halogens is 2. The summed E-state index contributed by atoms with van der Waals surface area (Å²) in [7, 11) is 0. The Morgan fingerprint density at radius 2 is 1.75 bits per heavy atom. The van der Waals surface area contributed by atoms with Crippen LogP contribution in [0.15, 0.2) is 36.4 Å². The highest BCUT2D eigenvalue weighted by atomic mass is 35.5. The molecule has 0 aliphatic rings. The molecule has 0 unspecified atom stereocenters. The Kier molecular flexibility index (Phi) is 5.16. The Morgan fingerprint density at radius 1 is 1.05 bits per heavy atom. The maximum atomic E-state index is 6.09. The maximum absolute atomic E-state index is 6.09. The minimum Gasteiger partial charge on any atom is -0.491 e. The van der Waals surface area contributed by atoms with Gasteiger partial charge in [0.2, 0.25) is 0 Å². The van der Waals surface area contributed by atoms with Gasteiger partial charge in [0.15, 0.2) is 0 Å². The predicted molar refractivity (Wildman–Crippen MR) is 86.4 cm³/mol. The highest BCUT2D eigenvalue weighted by Gasteiger charge is 2.03. The smallest absolute Gasteiger partial charge is 0.125 e. The van der Waals surface area contributed by atoms with Gasteiger partial charge in [-0.15, -0.1) is 0 Å². The molecule has 0 aromatic heterocycles. The van der Waals surface area contributed by atoms with Crippen molar-refractivity contribution in [3.05, 3.63) is 57.6 Å². The zero-order chi connectivity index (χ0) is 14.5. The number of para-hydroxylation sites is 1. The maximum Gasteiger partial charge on any atom is 0.125 e. The summed E-state index contributed by atoms with van der Waals surface area (Å²) < 4.78 is 5.82. The fraction of sp³-hybridized carbons (Fsp3) is 0.250. The molecule has 0 radical (unpaired) electrons. The molecule has 20 heavy (non-hydrogen) atoms. The van der Waals surface area contributed by atoms with Gasteiger partial charge in [0, 0.05) is 11.6 Å². The number of hydrogen-bond donors (Lipinski definition) is 1. The number of nitrogens with one attached hydrogen (secondary N) is 1. The lowest BCUT2D eigenvalue weighted by atomic mass is 10.1. The standard InChI is InChI=1S/C16H17Cl2NO/c1-11-4-3-5-12(2)16(11)20-9-8-19-15-7-6-13(17)10-14(15)18/h3-7,10,19H,8-9H2,1-2H3. The average molecular weight is 310 g/mol. The van der Waals surface area contributed by atoms with Crippen molar-refractivity contribution in [2.75, 3.05) is 18.5 Å². The second-order valence-electron chi connectivity index (χ2n) is 4.62. The molecule has 0 heterocycles. The van der Waals surface area contributed by atoms with Crippen LogP contribution in [0.5, 0.6) is 5.75 Å². The van der Waals surface area contributed by atoms with E-state index >= 15 is 0 Å². The second-order valence-corrected chi connectivity index (χ2v) is 5.46.